The molecule has 1 aromatic carbocycles. The number of nitrogens with zero attached hydrogens (tertiary/aromatic N) is 3. The number of morpholine rings is 1. The lowest BCUT2D eigenvalue weighted by Gasteiger charge is -2.56. The maximum Gasteiger partial charge on any atom is 0.235 e. The van der Waals surface area contributed by atoms with E-state index in [4.69, 9.17) is 21.3 Å². The summed E-state index contributed by atoms with van der Waals surface area (Å²) in [4.78, 5) is 23.9. The minimum Gasteiger partial charge on any atom is -0.379 e. The molecule has 178 valence electrons. The molecule has 5 fully saturated rings. The van der Waals surface area contributed by atoms with Gasteiger partial charge in [0.2, 0.25) is 5.91 Å². The summed E-state index contributed by atoms with van der Waals surface area (Å²) in [5.74, 6) is 2.60. The summed E-state index contributed by atoms with van der Waals surface area (Å²) in [5, 5.41) is 1.57. The highest BCUT2D eigenvalue weighted by Crippen LogP contribution is 2.60. The number of aryl methyl sites for hydroxylation is 1. The normalized spacial score (nSPS) is 31.4. The summed E-state index contributed by atoms with van der Waals surface area (Å²) in [7, 11) is 0. The number of benzene rings is 1. The van der Waals surface area contributed by atoms with Crippen LogP contribution in [0.3, 0.4) is 0 Å². The van der Waals surface area contributed by atoms with Crippen LogP contribution in [0.1, 0.15) is 50.5 Å². The van der Waals surface area contributed by atoms with Crippen molar-refractivity contribution >= 4 is 44.2 Å². The molecule has 4 bridgehead atoms. The molecule has 0 spiro atoms. The fourth-order valence-electron chi connectivity index (χ4n) is 7.43. The second-order valence-corrected chi connectivity index (χ2v) is 12.4. The molecule has 4 aliphatic carbocycles. The van der Waals surface area contributed by atoms with Crippen molar-refractivity contribution in [3.63, 3.8) is 0 Å². The molecule has 5 aliphatic rings. The van der Waals surface area contributed by atoms with E-state index in [2.05, 4.69) is 16.7 Å². The van der Waals surface area contributed by atoms with Crippen molar-refractivity contribution in [1.82, 2.24) is 9.88 Å². The van der Waals surface area contributed by atoms with Gasteiger partial charge in [0.15, 0.2) is 5.13 Å². The highest BCUT2D eigenvalue weighted by Gasteiger charge is 2.56. The van der Waals surface area contributed by atoms with Gasteiger partial charge >= 0.3 is 0 Å². The largest absolute Gasteiger partial charge is 0.379 e. The van der Waals surface area contributed by atoms with E-state index in [-0.39, 0.29) is 5.41 Å². The molecule has 2 heterocycles. The molecule has 0 radical (unpaired) electrons. The summed E-state index contributed by atoms with van der Waals surface area (Å²) in [5.41, 5.74) is 1.90. The van der Waals surface area contributed by atoms with E-state index in [9.17, 15) is 4.79 Å². The van der Waals surface area contributed by atoms with E-state index in [0.29, 0.717) is 5.91 Å². The Kier molecular flexibility index (Phi) is 5.92. The molecule has 4 saturated carbocycles. The van der Waals surface area contributed by atoms with Gasteiger partial charge in [-0.25, -0.2) is 4.98 Å². The Labute approximate surface area is 205 Å². The van der Waals surface area contributed by atoms with Crippen LogP contribution < -0.4 is 4.90 Å². The number of halogens is 1. The first kappa shape index (κ1) is 22.3. The van der Waals surface area contributed by atoms with Crippen molar-refractivity contribution in [2.45, 2.75) is 51.9 Å². The molecular formula is C26H34ClN3O2S. The lowest BCUT2D eigenvalue weighted by atomic mass is 9.49. The first-order chi connectivity index (χ1) is 16.0. The van der Waals surface area contributed by atoms with Crippen LogP contribution in [0.25, 0.3) is 10.2 Å². The highest BCUT2D eigenvalue weighted by molar-refractivity contribution is 7.23. The highest BCUT2D eigenvalue weighted by atomic mass is 35.5. The van der Waals surface area contributed by atoms with Crippen LogP contribution in [0, 0.1) is 30.1 Å². The van der Waals surface area contributed by atoms with Gasteiger partial charge in [-0.3, -0.25) is 14.6 Å². The zero-order chi connectivity index (χ0) is 22.6. The van der Waals surface area contributed by atoms with E-state index in [1.807, 2.05) is 12.1 Å². The summed E-state index contributed by atoms with van der Waals surface area (Å²) < 4.78 is 6.50. The molecule has 1 aromatic heterocycles. The van der Waals surface area contributed by atoms with Gasteiger partial charge in [0.1, 0.15) is 0 Å². The van der Waals surface area contributed by atoms with Crippen LogP contribution >= 0.6 is 22.9 Å². The Balaban J connectivity index is 1.30. The Morgan fingerprint density at radius 2 is 1.85 bits per heavy atom. The van der Waals surface area contributed by atoms with Gasteiger partial charge in [0, 0.05) is 26.2 Å². The van der Waals surface area contributed by atoms with Gasteiger partial charge in [-0.15, -0.1) is 0 Å². The van der Waals surface area contributed by atoms with Crippen molar-refractivity contribution in [1.29, 1.82) is 0 Å². The predicted molar refractivity (Wildman–Crippen MR) is 134 cm³/mol. The number of fused-ring (bicyclic) bond motifs is 1. The second-order valence-electron chi connectivity index (χ2n) is 11.0. The molecule has 5 nitrogen and oxygen atoms in total. The van der Waals surface area contributed by atoms with E-state index < -0.39 is 0 Å². The maximum absolute atomic E-state index is 14.4. The van der Waals surface area contributed by atoms with Gasteiger partial charge < -0.3 is 4.74 Å². The first-order valence-electron chi connectivity index (χ1n) is 12.7. The van der Waals surface area contributed by atoms with E-state index in [0.717, 1.165) is 109 Å². The topological polar surface area (TPSA) is 45.7 Å². The molecule has 7 rings (SSSR count). The monoisotopic (exact) mass is 487 g/mol. The number of amides is 1. The number of hydrogen-bond acceptors (Lipinski definition) is 5. The number of thiazole rings is 1. The molecule has 1 saturated heterocycles. The van der Waals surface area contributed by atoms with Gasteiger partial charge in [-0.05, 0) is 81.3 Å². The Hall–Kier alpha value is -1.21. The molecule has 1 aliphatic heterocycles. The number of anilines is 1. The lowest BCUT2D eigenvalue weighted by Crippen LogP contribution is -2.55. The molecule has 2 aromatic rings. The minimum atomic E-state index is -0.162. The average molecular weight is 488 g/mol. The van der Waals surface area contributed by atoms with Gasteiger partial charge in [-0.1, -0.05) is 29.0 Å². The molecule has 0 N–H and O–H groups in total. The number of carbonyl (C=O) groups is 1. The van der Waals surface area contributed by atoms with Crippen LogP contribution in [0.5, 0.6) is 0 Å². The smallest absolute Gasteiger partial charge is 0.235 e. The van der Waals surface area contributed by atoms with Crippen molar-refractivity contribution in [3.05, 3.63) is 22.7 Å². The van der Waals surface area contributed by atoms with Gasteiger partial charge in [0.05, 0.1) is 33.9 Å². The summed E-state index contributed by atoms with van der Waals surface area (Å²) in [6, 6.07) is 3.97. The van der Waals surface area contributed by atoms with Crippen molar-refractivity contribution in [2.24, 2.45) is 23.2 Å². The van der Waals surface area contributed by atoms with Crippen molar-refractivity contribution in [3.8, 4) is 0 Å². The number of ether oxygens (including phenoxy) is 1. The zero-order valence-electron chi connectivity index (χ0n) is 19.5. The standard InChI is InChI=1S/C26H34ClN3O2S/c1-17-3-4-21(27)23-22(17)28-25(33-23)30(6-2-5-29-7-9-32-10-8-29)24(31)26-14-18-11-19(15-26)13-20(12-18)16-26/h3-4,18-20H,2,5-16H2,1H3. The van der Waals surface area contributed by atoms with E-state index >= 15 is 0 Å². The summed E-state index contributed by atoms with van der Waals surface area (Å²) >= 11 is 8.13. The van der Waals surface area contributed by atoms with Crippen LogP contribution in [0.15, 0.2) is 12.1 Å². The Morgan fingerprint density at radius 1 is 1.18 bits per heavy atom. The lowest BCUT2D eigenvalue weighted by molar-refractivity contribution is -0.143. The Bertz CT molecular complexity index is 973. The van der Waals surface area contributed by atoms with Crippen LogP contribution in [-0.4, -0.2) is 55.2 Å². The number of hydrogen-bond donors (Lipinski definition) is 0. The van der Waals surface area contributed by atoms with Crippen LogP contribution in [0.4, 0.5) is 5.13 Å². The number of carbonyl (C=O) groups excluding carboxylic acids is 1. The number of aromatic nitrogens is 1. The first-order valence-corrected chi connectivity index (χ1v) is 13.9. The molecular weight excluding hydrogens is 454 g/mol. The molecule has 33 heavy (non-hydrogen) atoms. The minimum absolute atomic E-state index is 0.162. The van der Waals surface area contributed by atoms with E-state index in [1.165, 1.54) is 19.3 Å². The SMILES string of the molecule is Cc1ccc(Cl)c2sc(N(CCCN3CCOCC3)C(=O)C34CC5CC(CC(C5)C3)C4)nc12. The quantitative estimate of drug-likeness (QED) is 0.537. The molecule has 0 atom stereocenters. The third-order valence-corrected chi connectivity index (χ3v) is 10.2. The van der Waals surface area contributed by atoms with Gasteiger partial charge in [-0.2, -0.15) is 0 Å². The fraction of sp³-hybridized carbons (Fsp3) is 0.692. The summed E-state index contributed by atoms with van der Waals surface area (Å²) in [6.45, 7) is 7.40. The second kappa shape index (κ2) is 8.78. The van der Waals surface area contributed by atoms with Crippen molar-refractivity contribution < 1.29 is 9.53 Å². The van der Waals surface area contributed by atoms with Crippen LogP contribution in [0.2, 0.25) is 5.02 Å². The molecule has 1 amide bonds. The number of rotatable bonds is 6. The zero-order valence-corrected chi connectivity index (χ0v) is 21.1. The van der Waals surface area contributed by atoms with Crippen molar-refractivity contribution in [2.75, 3.05) is 44.3 Å². The summed E-state index contributed by atoms with van der Waals surface area (Å²) in [6.07, 6.45) is 8.26. The molecule has 7 heteroatoms. The third kappa shape index (κ3) is 4.11. The average Bonchev–Trinajstić information content (AvgIpc) is 3.25. The fourth-order valence-corrected chi connectivity index (χ4v) is 8.77. The predicted octanol–water partition coefficient (Wildman–Crippen LogP) is 5.53. The third-order valence-electron chi connectivity index (χ3n) is 8.61. The van der Waals surface area contributed by atoms with E-state index in [1.54, 1.807) is 11.3 Å². The van der Waals surface area contributed by atoms with Gasteiger partial charge in [0.25, 0.3) is 0 Å². The Morgan fingerprint density at radius 3 is 2.48 bits per heavy atom. The molecule has 0 unspecified atom stereocenters. The van der Waals surface area contributed by atoms with Crippen LogP contribution in [-0.2, 0) is 9.53 Å². The maximum atomic E-state index is 14.4.